The zero-order valence-corrected chi connectivity index (χ0v) is 7.69. The van der Waals surface area contributed by atoms with Gasteiger partial charge in [-0.2, -0.15) is 0 Å². The molecule has 0 unspecified atom stereocenters. The Kier molecular flexibility index (Phi) is 5.67. The predicted molar refractivity (Wildman–Crippen MR) is 49.5 cm³/mol. The van der Waals surface area contributed by atoms with Gasteiger partial charge in [-0.25, -0.2) is 0 Å². The minimum absolute atomic E-state index is 0.666. The van der Waals surface area contributed by atoms with Gasteiger partial charge in [-0.3, -0.25) is 0 Å². The average Bonchev–Trinajstić information content (AvgIpc) is 2.01. The van der Waals surface area contributed by atoms with E-state index in [2.05, 4.69) is 6.58 Å². The molecule has 62 valence electrons. The summed E-state index contributed by atoms with van der Waals surface area (Å²) in [4.78, 5) is 0. The smallest absolute Gasteiger partial charge is 0.0922 e. The lowest BCUT2D eigenvalue weighted by Crippen LogP contribution is -1.80. The molecule has 0 fully saturated rings. The van der Waals surface area contributed by atoms with Gasteiger partial charge in [0.25, 0.3) is 0 Å². The number of methoxy groups -OCH3 is 1. The molecule has 0 aromatic rings. The van der Waals surface area contributed by atoms with Crippen LogP contribution in [0.1, 0.15) is 13.3 Å². The molecule has 11 heavy (non-hydrogen) atoms. The standard InChI is InChI=1S/C9H13ClO/c1-4-5-9(10)7-6-8(2)11-3/h4-5,7H,2,6H2,1,3H3/b5-4-,9-7+. The minimum Gasteiger partial charge on any atom is -0.501 e. The van der Waals surface area contributed by atoms with E-state index in [1.54, 1.807) is 7.11 Å². The minimum atomic E-state index is 0.666. The highest BCUT2D eigenvalue weighted by Crippen LogP contribution is 2.08. The normalized spacial score (nSPS) is 12.1. The number of hydrogen-bond donors (Lipinski definition) is 0. The molecule has 0 spiro atoms. The summed E-state index contributed by atoms with van der Waals surface area (Å²) < 4.78 is 4.86. The highest BCUT2D eigenvalue weighted by molar-refractivity contribution is 6.31. The average molecular weight is 173 g/mol. The second-order valence-corrected chi connectivity index (χ2v) is 2.47. The molecule has 0 aromatic heterocycles. The molecule has 0 radical (unpaired) electrons. The van der Waals surface area contributed by atoms with E-state index in [-0.39, 0.29) is 0 Å². The second kappa shape index (κ2) is 6.05. The Morgan fingerprint density at radius 3 is 2.73 bits per heavy atom. The van der Waals surface area contributed by atoms with Crippen LogP contribution in [0.2, 0.25) is 0 Å². The van der Waals surface area contributed by atoms with Crippen molar-refractivity contribution < 1.29 is 4.74 Å². The Morgan fingerprint density at radius 1 is 1.64 bits per heavy atom. The lowest BCUT2D eigenvalue weighted by atomic mass is 10.3. The maximum absolute atomic E-state index is 5.76. The van der Waals surface area contributed by atoms with Crippen molar-refractivity contribution in [2.24, 2.45) is 0 Å². The van der Waals surface area contributed by atoms with Crippen LogP contribution in [0.25, 0.3) is 0 Å². The number of hydrogen-bond acceptors (Lipinski definition) is 1. The number of ether oxygens (including phenoxy) is 1. The van der Waals surface area contributed by atoms with Crippen LogP contribution in [-0.2, 0) is 4.74 Å². The molecule has 0 heterocycles. The molecule has 2 heteroatoms. The molecule has 0 aliphatic carbocycles. The molecule has 0 saturated heterocycles. The number of halogens is 1. The first kappa shape index (κ1) is 10.3. The van der Waals surface area contributed by atoms with E-state index >= 15 is 0 Å². The molecule has 0 aliphatic heterocycles. The molecule has 0 N–H and O–H groups in total. The van der Waals surface area contributed by atoms with Gasteiger partial charge in [0.15, 0.2) is 0 Å². The summed E-state index contributed by atoms with van der Waals surface area (Å²) in [6.45, 7) is 5.57. The van der Waals surface area contributed by atoms with E-state index in [0.29, 0.717) is 17.2 Å². The Morgan fingerprint density at radius 2 is 2.27 bits per heavy atom. The fourth-order valence-electron chi connectivity index (χ4n) is 0.522. The monoisotopic (exact) mass is 172 g/mol. The second-order valence-electron chi connectivity index (χ2n) is 2.04. The van der Waals surface area contributed by atoms with Gasteiger partial charge < -0.3 is 4.74 Å². The summed E-state index contributed by atoms with van der Waals surface area (Å²) >= 11 is 5.76. The fourth-order valence-corrected chi connectivity index (χ4v) is 0.725. The zero-order valence-electron chi connectivity index (χ0n) is 6.93. The SMILES string of the molecule is C=C(C/C=C(Cl)\C=C/C)OC. The largest absolute Gasteiger partial charge is 0.501 e. The van der Waals surface area contributed by atoms with Crippen LogP contribution in [-0.4, -0.2) is 7.11 Å². The van der Waals surface area contributed by atoms with Gasteiger partial charge in [0, 0.05) is 11.5 Å². The Hall–Kier alpha value is -0.690. The Balaban J connectivity index is 3.82. The van der Waals surface area contributed by atoms with Crippen molar-refractivity contribution >= 4 is 11.6 Å². The van der Waals surface area contributed by atoms with Crippen LogP contribution in [0.15, 0.2) is 35.6 Å². The summed E-state index contributed by atoms with van der Waals surface area (Å²) in [6, 6.07) is 0. The molecule has 0 bridgehead atoms. The summed E-state index contributed by atoms with van der Waals surface area (Å²) in [5.74, 6) is 0.715. The van der Waals surface area contributed by atoms with E-state index in [4.69, 9.17) is 16.3 Å². The van der Waals surface area contributed by atoms with Crippen LogP contribution < -0.4 is 0 Å². The van der Waals surface area contributed by atoms with Crippen LogP contribution in [0.4, 0.5) is 0 Å². The number of allylic oxidation sites excluding steroid dienone is 4. The number of rotatable bonds is 4. The third-order valence-electron chi connectivity index (χ3n) is 1.14. The van der Waals surface area contributed by atoms with Crippen LogP contribution in [0.3, 0.4) is 0 Å². The molecule has 0 rings (SSSR count). The van der Waals surface area contributed by atoms with Crippen molar-refractivity contribution in [2.75, 3.05) is 7.11 Å². The molecular weight excluding hydrogens is 160 g/mol. The summed E-state index contributed by atoms with van der Waals surface area (Å²) in [6.07, 6.45) is 6.23. The van der Waals surface area contributed by atoms with E-state index in [9.17, 15) is 0 Å². The third kappa shape index (κ3) is 5.74. The van der Waals surface area contributed by atoms with Gasteiger partial charge in [-0.15, -0.1) is 0 Å². The Bertz CT molecular complexity index is 180. The summed E-state index contributed by atoms with van der Waals surface area (Å²) in [5, 5.41) is 0.714. The maximum atomic E-state index is 5.76. The summed E-state index contributed by atoms with van der Waals surface area (Å²) in [7, 11) is 1.60. The van der Waals surface area contributed by atoms with Crippen molar-refractivity contribution in [1.29, 1.82) is 0 Å². The topological polar surface area (TPSA) is 9.23 Å². The highest BCUT2D eigenvalue weighted by atomic mass is 35.5. The molecule has 0 aromatic carbocycles. The van der Waals surface area contributed by atoms with Gasteiger partial charge in [-0.1, -0.05) is 30.3 Å². The molecule has 0 saturated carbocycles. The maximum Gasteiger partial charge on any atom is 0.0922 e. The lowest BCUT2D eigenvalue weighted by Gasteiger charge is -1.98. The van der Waals surface area contributed by atoms with E-state index in [1.165, 1.54) is 0 Å². The van der Waals surface area contributed by atoms with Gasteiger partial charge in [-0.05, 0) is 13.0 Å². The van der Waals surface area contributed by atoms with Crippen molar-refractivity contribution in [3.05, 3.63) is 35.6 Å². The first-order chi connectivity index (χ1) is 5.20. The van der Waals surface area contributed by atoms with Gasteiger partial charge in [0.2, 0.25) is 0 Å². The molecular formula is C9H13ClO. The van der Waals surface area contributed by atoms with Crippen LogP contribution >= 0.6 is 11.6 Å². The quantitative estimate of drug-likeness (QED) is 0.467. The predicted octanol–water partition coefficient (Wildman–Crippen LogP) is 3.24. The molecule has 0 atom stereocenters. The first-order valence-electron chi connectivity index (χ1n) is 3.40. The molecule has 1 nitrogen and oxygen atoms in total. The highest BCUT2D eigenvalue weighted by Gasteiger charge is 1.88. The van der Waals surface area contributed by atoms with Crippen LogP contribution in [0, 0.1) is 0 Å². The zero-order chi connectivity index (χ0) is 8.69. The van der Waals surface area contributed by atoms with Gasteiger partial charge in [0.05, 0.1) is 12.9 Å². The van der Waals surface area contributed by atoms with Crippen LogP contribution in [0.5, 0.6) is 0 Å². The first-order valence-corrected chi connectivity index (χ1v) is 3.78. The van der Waals surface area contributed by atoms with Crippen molar-refractivity contribution in [1.82, 2.24) is 0 Å². The van der Waals surface area contributed by atoms with E-state index in [0.717, 1.165) is 0 Å². The van der Waals surface area contributed by atoms with Gasteiger partial charge in [0.1, 0.15) is 0 Å². The Labute approximate surface area is 73.0 Å². The van der Waals surface area contributed by atoms with Gasteiger partial charge >= 0.3 is 0 Å². The fraction of sp³-hybridized carbons (Fsp3) is 0.333. The third-order valence-corrected chi connectivity index (χ3v) is 1.42. The van der Waals surface area contributed by atoms with Crippen molar-refractivity contribution in [2.45, 2.75) is 13.3 Å². The van der Waals surface area contributed by atoms with Crippen molar-refractivity contribution in [3.63, 3.8) is 0 Å². The van der Waals surface area contributed by atoms with E-state index in [1.807, 2.05) is 25.2 Å². The summed E-state index contributed by atoms with van der Waals surface area (Å²) in [5.41, 5.74) is 0. The molecule has 0 amide bonds. The van der Waals surface area contributed by atoms with E-state index < -0.39 is 0 Å². The lowest BCUT2D eigenvalue weighted by molar-refractivity contribution is 0.287. The van der Waals surface area contributed by atoms with Crippen molar-refractivity contribution in [3.8, 4) is 0 Å². The molecule has 0 aliphatic rings.